The summed E-state index contributed by atoms with van der Waals surface area (Å²) in [6.45, 7) is 6.34. The molecule has 0 aromatic heterocycles. The molecule has 0 spiro atoms. The Morgan fingerprint density at radius 3 is 2.50 bits per heavy atom. The Morgan fingerprint density at radius 1 is 1.58 bits per heavy atom. The molecule has 0 aromatic carbocycles. The molecule has 0 saturated heterocycles. The Hall–Kier alpha value is -0.550. The van der Waals surface area contributed by atoms with Crippen LogP contribution in [0.25, 0.3) is 0 Å². The number of hydrogen-bond donors (Lipinski definition) is 1. The highest BCUT2D eigenvalue weighted by Gasteiger charge is 2.47. The summed E-state index contributed by atoms with van der Waals surface area (Å²) in [5, 5.41) is 18.6. The van der Waals surface area contributed by atoms with Gasteiger partial charge in [-0.3, -0.25) is 0 Å². The summed E-state index contributed by atoms with van der Waals surface area (Å²) >= 11 is 0. The Kier molecular flexibility index (Phi) is 2.18. The molecule has 0 bridgehead atoms. The maximum Gasteiger partial charge on any atom is 0.0807 e. The minimum atomic E-state index is -0.724. The average Bonchev–Trinajstić information content (AvgIpc) is 2.02. The lowest BCUT2D eigenvalue weighted by Gasteiger charge is -2.25. The highest BCUT2D eigenvalue weighted by Crippen LogP contribution is 2.48. The summed E-state index contributed by atoms with van der Waals surface area (Å²) in [5.41, 5.74) is -0.525. The van der Waals surface area contributed by atoms with Gasteiger partial charge in [0, 0.05) is 0 Å². The highest BCUT2D eigenvalue weighted by molar-refractivity contribution is 5.02. The molecule has 0 amide bonds. The molecule has 1 rings (SSSR count). The monoisotopic (exact) mass is 167 g/mol. The molecule has 0 heterocycles. The van der Waals surface area contributed by atoms with Crippen molar-refractivity contribution in [2.75, 3.05) is 0 Å². The van der Waals surface area contributed by atoms with Gasteiger partial charge in [-0.2, -0.15) is 5.26 Å². The van der Waals surface area contributed by atoms with E-state index in [0.29, 0.717) is 0 Å². The maximum atomic E-state index is 10.1. The van der Waals surface area contributed by atoms with E-state index in [1.165, 1.54) is 0 Å². The average molecular weight is 167 g/mol. The van der Waals surface area contributed by atoms with Crippen molar-refractivity contribution in [3.8, 4) is 6.07 Å². The fourth-order valence-corrected chi connectivity index (χ4v) is 2.47. The van der Waals surface area contributed by atoms with Gasteiger partial charge >= 0.3 is 0 Å². The second kappa shape index (κ2) is 2.74. The quantitative estimate of drug-likeness (QED) is 0.649. The van der Waals surface area contributed by atoms with Crippen molar-refractivity contribution in [3.63, 3.8) is 0 Å². The van der Waals surface area contributed by atoms with Crippen molar-refractivity contribution in [3.05, 3.63) is 0 Å². The molecule has 2 unspecified atom stereocenters. The van der Waals surface area contributed by atoms with Gasteiger partial charge in [0.25, 0.3) is 0 Å². The van der Waals surface area contributed by atoms with Crippen molar-refractivity contribution in [2.45, 2.75) is 45.6 Å². The minimum Gasteiger partial charge on any atom is -0.389 e. The third-order valence-electron chi connectivity index (χ3n) is 2.95. The van der Waals surface area contributed by atoms with Gasteiger partial charge < -0.3 is 5.11 Å². The van der Waals surface area contributed by atoms with Crippen LogP contribution in [-0.2, 0) is 0 Å². The maximum absolute atomic E-state index is 10.1. The standard InChI is InChI=1S/C10H17NO/c1-8-6-9(2,3)7-10(8,12)4-5-11/h8,12H,4,6-7H2,1-3H3. The zero-order valence-electron chi connectivity index (χ0n) is 8.09. The van der Waals surface area contributed by atoms with Gasteiger partial charge in [0.2, 0.25) is 0 Å². The van der Waals surface area contributed by atoms with Gasteiger partial charge in [-0.15, -0.1) is 0 Å². The van der Waals surface area contributed by atoms with Gasteiger partial charge in [0.15, 0.2) is 0 Å². The first-order valence-electron chi connectivity index (χ1n) is 4.49. The minimum absolute atomic E-state index is 0.199. The fourth-order valence-electron chi connectivity index (χ4n) is 2.47. The normalized spacial score (nSPS) is 39.4. The Balaban J connectivity index is 2.76. The van der Waals surface area contributed by atoms with Crippen LogP contribution in [0.5, 0.6) is 0 Å². The number of nitrogens with zero attached hydrogens (tertiary/aromatic N) is 1. The Labute approximate surface area is 74.2 Å². The van der Waals surface area contributed by atoms with Crippen LogP contribution >= 0.6 is 0 Å². The molecular weight excluding hydrogens is 150 g/mol. The SMILES string of the molecule is CC1CC(C)(C)CC1(O)CC#N. The topological polar surface area (TPSA) is 44.0 Å². The van der Waals surface area contributed by atoms with Crippen LogP contribution in [0.15, 0.2) is 0 Å². The van der Waals surface area contributed by atoms with E-state index < -0.39 is 5.60 Å². The molecule has 1 saturated carbocycles. The van der Waals surface area contributed by atoms with E-state index in [9.17, 15) is 5.11 Å². The van der Waals surface area contributed by atoms with Crippen LogP contribution in [0.4, 0.5) is 0 Å². The molecule has 0 aliphatic heterocycles. The van der Waals surface area contributed by atoms with Crippen LogP contribution in [-0.4, -0.2) is 10.7 Å². The third-order valence-corrected chi connectivity index (χ3v) is 2.95. The summed E-state index contributed by atoms with van der Waals surface area (Å²) in [4.78, 5) is 0. The summed E-state index contributed by atoms with van der Waals surface area (Å²) in [6, 6.07) is 2.07. The fraction of sp³-hybridized carbons (Fsp3) is 0.900. The Bertz CT molecular complexity index is 216. The van der Waals surface area contributed by atoms with Gasteiger partial charge in [-0.05, 0) is 24.2 Å². The van der Waals surface area contributed by atoms with Crippen LogP contribution < -0.4 is 0 Å². The van der Waals surface area contributed by atoms with Crippen molar-refractivity contribution >= 4 is 0 Å². The first kappa shape index (κ1) is 9.54. The van der Waals surface area contributed by atoms with Gasteiger partial charge in [-0.1, -0.05) is 20.8 Å². The summed E-state index contributed by atoms with van der Waals surface area (Å²) in [5.74, 6) is 0.257. The molecule has 1 fully saturated rings. The molecule has 68 valence electrons. The molecule has 1 aliphatic rings. The lowest BCUT2D eigenvalue weighted by molar-refractivity contribution is 0.00866. The second-order valence-electron chi connectivity index (χ2n) is 4.88. The molecule has 2 atom stereocenters. The summed E-state index contributed by atoms with van der Waals surface area (Å²) in [7, 11) is 0. The number of rotatable bonds is 1. The molecule has 2 nitrogen and oxygen atoms in total. The lowest BCUT2D eigenvalue weighted by Crippen LogP contribution is -2.31. The van der Waals surface area contributed by atoms with Crippen molar-refractivity contribution in [1.82, 2.24) is 0 Å². The Morgan fingerprint density at radius 2 is 2.17 bits per heavy atom. The number of aliphatic hydroxyl groups is 1. The predicted molar refractivity (Wildman–Crippen MR) is 47.4 cm³/mol. The molecule has 0 radical (unpaired) electrons. The molecule has 1 aliphatic carbocycles. The van der Waals surface area contributed by atoms with Crippen LogP contribution in [0.3, 0.4) is 0 Å². The molecule has 2 heteroatoms. The van der Waals surface area contributed by atoms with E-state index in [1.54, 1.807) is 0 Å². The van der Waals surface area contributed by atoms with Crippen LogP contribution in [0.1, 0.15) is 40.0 Å². The lowest BCUT2D eigenvalue weighted by atomic mass is 9.87. The van der Waals surface area contributed by atoms with Gasteiger partial charge in [0.1, 0.15) is 0 Å². The van der Waals surface area contributed by atoms with E-state index in [1.807, 2.05) is 6.92 Å². The number of nitriles is 1. The van der Waals surface area contributed by atoms with Gasteiger partial charge in [-0.25, -0.2) is 0 Å². The smallest absolute Gasteiger partial charge is 0.0807 e. The van der Waals surface area contributed by atoms with Crippen LogP contribution in [0, 0.1) is 22.7 Å². The highest BCUT2D eigenvalue weighted by atomic mass is 16.3. The molecule has 1 N–H and O–H groups in total. The van der Waals surface area contributed by atoms with Crippen molar-refractivity contribution in [1.29, 1.82) is 5.26 Å². The van der Waals surface area contributed by atoms with E-state index in [0.717, 1.165) is 12.8 Å². The van der Waals surface area contributed by atoms with E-state index in [2.05, 4.69) is 19.9 Å². The van der Waals surface area contributed by atoms with E-state index in [-0.39, 0.29) is 17.8 Å². The molecule has 0 aromatic rings. The van der Waals surface area contributed by atoms with Crippen LogP contribution in [0.2, 0.25) is 0 Å². The van der Waals surface area contributed by atoms with Gasteiger partial charge in [0.05, 0.1) is 18.1 Å². The second-order valence-corrected chi connectivity index (χ2v) is 4.88. The largest absolute Gasteiger partial charge is 0.389 e. The zero-order valence-corrected chi connectivity index (χ0v) is 8.09. The first-order chi connectivity index (χ1) is 5.40. The zero-order chi connectivity index (χ0) is 9.41. The summed E-state index contributed by atoms with van der Waals surface area (Å²) in [6.07, 6.45) is 2.05. The predicted octanol–water partition coefficient (Wildman–Crippen LogP) is 2.09. The molecular formula is C10H17NO. The van der Waals surface area contributed by atoms with Crippen molar-refractivity contribution < 1.29 is 5.11 Å². The first-order valence-corrected chi connectivity index (χ1v) is 4.49. The molecule has 12 heavy (non-hydrogen) atoms. The third kappa shape index (κ3) is 1.61. The summed E-state index contributed by atoms with van der Waals surface area (Å²) < 4.78 is 0. The van der Waals surface area contributed by atoms with Crippen molar-refractivity contribution in [2.24, 2.45) is 11.3 Å². The number of hydrogen-bond acceptors (Lipinski definition) is 2. The van der Waals surface area contributed by atoms with E-state index in [4.69, 9.17) is 5.26 Å². The van der Waals surface area contributed by atoms with E-state index >= 15 is 0 Å².